The largest absolute Gasteiger partial charge is 0.330 e. The molecule has 2 N–H and O–H groups in total. The molecule has 0 amide bonds. The number of hydrogen-bond acceptors (Lipinski definition) is 2. The summed E-state index contributed by atoms with van der Waals surface area (Å²) in [6.45, 7) is 6.68. The topological polar surface area (TPSA) is 38.9 Å². The molecule has 96 valence electrons. The van der Waals surface area contributed by atoms with Crippen molar-refractivity contribution in [3.05, 3.63) is 41.3 Å². The summed E-state index contributed by atoms with van der Waals surface area (Å²) in [4.78, 5) is 4.53. The second-order valence-electron chi connectivity index (χ2n) is 5.63. The van der Waals surface area contributed by atoms with E-state index in [0.717, 1.165) is 28.6 Å². The van der Waals surface area contributed by atoms with E-state index >= 15 is 0 Å². The van der Waals surface area contributed by atoms with Gasteiger partial charge >= 0.3 is 0 Å². The molecule has 0 saturated heterocycles. The highest BCUT2D eigenvalue weighted by molar-refractivity contribution is 5.82. The van der Waals surface area contributed by atoms with Crippen LogP contribution in [0, 0.1) is 18.2 Å². The molecule has 18 heavy (non-hydrogen) atoms. The first-order chi connectivity index (χ1) is 8.41. The van der Waals surface area contributed by atoms with E-state index in [0.29, 0.717) is 6.54 Å². The molecule has 2 rings (SSSR count). The Kier molecular flexibility index (Phi) is 3.35. The predicted molar refractivity (Wildman–Crippen MR) is 73.0 cm³/mol. The summed E-state index contributed by atoms with van der Waals surface area (Å²) in [5.74, 6) is -0.212. The molecule has 3 heteroatoms. The van der Waals surface area contributed by atoms with Crippen molar-refractivity contribution in [3.63, 3.8) is 0 Å². The third-order valence-electron chi connectivity index (χ3n) is 3.20. The minimum absolute atomic E-state index is 0.0495. The van der Waals surface area contributed by atoms with Crippen molar-refractivity contribution in [3.8, 4) is 0 Å². The van der Waals surface area contributed by atoms with Crippen LogP contribution in [-0.2, 0) is 6.42 Å². The molecule has 1 heterocycles. The lowest BCUT2D eigenvalue weighted by Crippen LogP contribution is -2.26. The van der Waals surface area contributed by atoms with Gasteiger partial charge in [0, 0.05) is 11.1 Å². The van der Waals surface area contributed by atoms with Gasteiger partial charge in [-0.15, -0.1) is 0 Å². The number of aromatic nitrogens is 1. The van der Waals surface area contributed by atoms with E-state index in [9.17, 15) is 4.39 Å². The lowest BCUT2D eigenvalue weighted by molar-refractivity contribution is 0.377. The van der Waals surface area contributed by atoms with Gasteiger partial charge in [-0.1, -0.05) is 19.9 Å². The van der Waals surface area contributed by atoms with E-state index in [1.165, 1.54) is 6.07 Å². The first kappa shape index (κ1) is 13.0. The monoisotopic (exact) mass is 246 g/mol. The Morgan fingerprint density at radius 2 is 2.00 bits per heavy atom. The van der Waals surface area contributed by atoms with Crippen molar-refractivity contribution < 1.29 is 4.39 Å². The number of nitrogens with two attached hydrogens (primary N) is 1. The van der Waals surface area contributed by atoms with Crippen LogP contribution in [0.15, 0.2) is 24.3 Å². The highest BCUT2D eigenvalue weighted by Crippen LogP contribution is 2.26. The Labute approximate surface area is 107 Å². The van der Waals surface area contributed by atoms with Crippen LogP contribution in [0.25, 0.3) is 10.9 Å². The second kappa shape index (κ2) is 4.65. The van der Waals surface area contributed by atoms with Gasteiger partial charge in [0.05, 0.1) is 5.52 Å². The molecule has 0 saturated carbocycles. The van der Waals surface area contributed by atoms with Gasteiger partial charge in [-0.05, 0) is 49.1 Å². The maximum Gasteiger partial charge on any atom is 0.124 e. The molecule has 2 aromatic rings. The highest BCUT2D eigenvalue weighted by Gasteiger charge is 2.19. The minimum atomic E-state index is -0.212. The summed E-state index contributed by atoms with van der Waals surface area (Å²) in [5, 5.41) is 0.850. The Hall–Kier alpha value is -1.48. The lowest BCUT2D eigenvalue weighted by Gasteiger charge is -2.23. The van der Waals surface area contributed by atoms with E-state index in [-0.39, 0.29) is 11.2 Å². The first-order valence-electron chi connectivity index (χ1n) is 6.17. The van der Waals surface area contributed by atoms with Crippen LogP contribution in [0.1, 0.15) is 25.1 Å². The number of pyridine rings is 1. The van der Waals surface area contributed by atoms with Crippen molar-refractivity contribution in [1.82, 2.24) is 4.98 Å². The van der Waals surface area contributed by atoms with E-state index in [4.69, 9.17) is 5.73 Å². The van der Waals surface area contributed by atoms with E-state index in [1.807, 2.05) is 19.1 Å². The van der Waals surface area contributed by atoms with E-state index in [1.54, 1.807) is 6.07 Å². The fourth-order valence-electron chi connectivity index (χ4n) is 2.09. The van der Waals surface area contributed by atoms with Crippen LogP contribution in [0.2, 0.25) is 0 Å². The average molecular weight is 246 g/mol. The normalized spacial score (nSPS) is 12.1. The zero-order valence-electron chi connectivity index (χ0n) is 11.1. The van der Waals surface area contributed by atoms with Crippen molar-refractivity contribution in [2.75, 3.05) is 6.54 Å². The van der Waals surface area contributed by atoms with Gasteiger partial charge in [-0.2, -0.15) is 0 Å². The summed E-state index contributed by atoms with van der Waals surface area (Å²) in [6, 6.07) is 6.92. The van der Waals surface area contributed by atoms with Crippen LogP contribution in [0.4, 0.5) is 4.39 Å². The van der Waals surface area contributed by atoms with Crippen LogP contribution in [-0.4, -0.2) is 11.5 Å². The molecule has 2 nitrogen and oxygen atoms in total. The molecule has 0 atom stereocenters. The fraction of sp³-hybridized carbons (Fsp3) is 0.400. The summed E-state index contributed by atoms with van der Waals surface area (Å²) in [6.07, 6.45) is 0.730. The van der Waals surface area contributed by atoms with Gasteiger partial charge in [0.1, 0.15) is 5.82 Å². The molecule has 1 aromatic carbocycles. The van der Waals surface area contributed by atoms with Gasteiger partial charge in [0.15, 0.2) is 0 Å². The summed E-state index contributed by atoms with van der Waals surface area (Å²) in [5.41, 5.74) is 8.47. The zero-order chi connectivity index (χ0) is 13.3. The molecule has 0 aliphatic heterocycles. The molecule has 0 unspecified atom stereocenters. The molecular weight excluding hydrogens is 227 g/mol. The SMILES string of the molecule is Cc1ccc2cc(F)cc(CC(C)(C)CN)c2n1. The van der Waals surface area contributed by atoms with Crippen LogP contribution >= 0.6 is 0 Å². The Morgan fingerprint density at radius 3 is 2.67 bits per heavy atom. The number of hydrogen-bond donors (Lipinski definition) is 1. The number of halogens is 1. The minimum Gasteiger partial charge on any atom is -0.330 e. The van der Waals surface area contributed by atoms with Crippen LogP contribution in [0.5, 0.6) is 0 Å². The van der Waals surface area contributed by atoms with E-state index < -0.39 is 0 Å². The maximum absolute atomic E-state index is 13.6. The fourth-order valence-corrected chi connectivity index (χ4v) is 2.09. The summed E-state index contributed by atoms with van der Waals surface area (Å²) >= 11 is 0. The Bertz CT molecular complexity index is 576. The zero-order valence-corrected chi connectivity index (χ0v) is 11.1. The van der Waals surface area contributed by atoms with Gasteiger partial charge in [0.2, 0.25) is 0 Å². The second-order valence-corrected chi connectivity index (χ2v) is 5.63. The van der Waals surface area contributed by atoms with Crippen molar-refractivity contribution in [2.24, 2.45) is 11.1 Å². The third kappa shape index (κ3) is 2.67. The summed E-state index contributed by atoms with van der Waals surface area (Å²) < 4.78 is 13.6. The molecule has 0 aliphatic rings. The smallest absolute Gasteiger partial charge is 0.124 e. The Morgan fingerprint density at radius 1 is 1.28 bits per heavy atom. The van der Waals surface area contributed by atoms with Gasteiger partial charge < -0.3 is 5.73 Å². The number of fused-ring (bicyclic) bond motifs is 1. The molecule has 0 spiro atoms. The van der Waals surface area contributed by atoms with Crippen LogP contribution in [0.3, 0.4) is 0 Å². The molecule has 0 aliphatic carbocycles. The highest BCUT2D eigenvalue weighted by atomic mass is 19.1. The average Bonchev–Trinajstić information content (AvgIpc) is 2.29. The first-order valence-corrected chi connectivity index (χ1v) is 6.17. The molecule has 0 fully saturated rings. The lowest BCUT2D eigenvalue weighted by atomic mass is 9.85. The quantitative estimate of drug-likeness (QED) is 0.903. The number of aryl methyl sites for hydroxylation is 1. The predicted octanol–water partition coefficient (Wildman–Crippen LogP) is 3.21. The molecule has 1 aromatic heterocycles. The number of benzene rings is 1. The molecular formula is C15H19FN2. The Balaban J connectivity index is 2.58. The maximum atomic E-state index is 13.6. The van der Waals surface area contributed by atoms with Gasteiger partial charge in [0.25, 0.3) is 0 Å². The summed E-state index contributed by atoms with van der Waals surface area (Å²) in [7, 11) is 0. The van der Waals surface area contributed by atoms with Gasteiger partial charge in [-0.25, -0.2) is 4.39 Å². The molecule has 0 bridgehead atoms. The third-order valence-corrected chi connectivity index (χ3v) is 3.20. The van der Waals surface area contributed by atoms with Crippen molar-refractivity contribution >= 4 is 10.9 Å². The van der Waals surface area contributed by atoms with Crippen LogP contribution < -0.4 is 5.73 Å². The van der Waals surface area contributed by atoms with E-state index in [2.05, 4.69) is 18.8 Å². The number of nitrogens with zero attached hydrogens (tertiary/aromatic N) is 1. The number of rotatable bonds is 3. The molecule has 0 radical (unpaired) electrons. The standard InChI is InChI=1S/C15H19FN2/c1-10-4-5-11-6-13(16)7-12(14(11)18-10)8-15(2,3)9-17/h4-7H,8-9,17H2,1-3H3. The van der Waals surface area contributed by atoms with Gasteiger partial charge in [-0.3, -0.25) is 4.98 Å². The van der Waals surface area contributed by atoms with Crippen molar-refractivity contribution in [1.29, 1.82) is 0 Å². The van der Waals surface area contributed by atoms with Crippen molar-refractivity contribution in [2.45, 2.75) is 27.2 Å².